The minimum atomic E-state index is -1.49. The van der Waals surface area contributed by atoms with Crippen LogP contribution >= 0.6 is 0 Å². The maximum Gasteiger partial charge on any atom is 0.164 e. The molecule has 0 aliphatic heterocycles. The molecule has 0 aromatic heterocycles. The first-order valence-electron chi connectivity index (χ1n) is 12.9. The number of carbonyl (C=O) groups excluding carboxylic acids is 1. The summed E-state index contributed by atoms with van der Waals surface area (Å²) in [4.78, 5) is 13.2. The SMILES string of the molecule is CC(C)[C@@H](C)/C=C/[C@@H](C)[C@H]1CC[C@H]2[C@@H]3C[C@@H](O)[C@@]4(O)CC=CC(=O)[C@]4(C)[C@H]3[C@H](O)C[C@]12C. The fourth-order valence-electron chi connectivity index (χ4n) is 8.44. The van der Waals surface area contributed by atoms with Crippen molar-refractivity contribution in [3.63, 3.8) is 0 Å². The molecule has 0 aromatic rings. The maximum absolute atomic E-state index is 13.2. The summed E-state index contributed by atoms with van der Waals surface area (Å²) < 4.78 is 0. The Balaban J connectivity index is 1.66. The van der Waals surface area contributed by atoms with Gasteiger partial charge in [-0.05, 0) is 86.0 Å². The predicted molar refractivity (Wildman–Crippen MR) is 127 cm³/mol. The van der Waals surface area contributed by atoms with Crippen molar-refractivity contribution in [2.45, 2.75) is 91.5 Å². The Morgan fingerprint density at radius 1 is 1.09 bits per heavy atom. The van der Waals surface area contributed by atoms with Gasteiger partial charge < -0.3 is 15.3 Å². The molecule has 32 heavy (non-hydrogen) atoms. The molecule has 4 aliphatic carbocycles. The number of aliphatic hydroxyl groups excluding tert-OH is 2. The summed E-state index contributed by atoms with van der Waals surface area (Å²) in [7, 11) is 0. The molecule has 0 radical (unpaired) electrons. The highest BCUT2D eigenvalue weighted by atomic mass is 16.3. The quantitative estimate of drug-likeness (QED) is 0.557. The van der Waals surface area contributed by atoms with Crippen LogP contribution in [-0.2, 0) is 4.79 Å². The fraction of sp³-hybridized carbons (Fsp3) is 0.821. The Hall–Kier alpha value is -0.970. The normalized spacial score (nSPS) is 50.2. The molecule has 0 amide bonds. The molecular weight excluding hydrogens is 400 g/mol. The highest BCUT2D eigenvalue weighted by Crippen LogP contribution is 2.68. The van der Waals surface area contributed by atoms with Crippen molar-refractivity contribution in [3.8, 4) is 0 Å². The summed E-state index contributed by atoms with van der Waals surface area (Å²) in [5, 5.41) is 34.2. The third-order valence-electron chi connectivity index (χ3n) is 10.8. The van der Waals surface area contributed by atoms with E-state index in [0.717, 1.165) is 12.8 Å². The largest absolute Gasteiger partial charge is 0.393 e. The van der Waals surface area contributed by atoms with Crippen molar-refractivity contribution in [1.29, 1.82) is 0 Å². The summed E-state index contributed by atoms with van der Waals surface area (Å²) >= 11 is 0. The first-order chi connectivity index (χ1) is 14.9. The van der Waals surface area contributed by atoms with Crippen LogP contribution in [0.15, 0.2) is 24.3 Å². The standard InChI is InChI=1S/C28H44O4/c1-16(2)17(3)9-10-18(4)20-11-12-21-19-14-24(31)28(32)13-7-8-23(30)27(28,6)25(19)22(29)15-26(20,21)5/h7-10,16-22,24-25,29,31-32H,11-15H2,1-6H3/b10-9+/t17-,18+,19-,20+,21-,22+,24+,25+,26+,27+,28-/m0/s1. The second kappa shape index (κ2) is 8.06. The number of fused-ring (bicyclic) bond motifs is 5. The van der Waals surface area contributed by atoms with Gasteiger partial charge in [-0.25, -0.2) is 0 Å². The van der Waals surface area contributed by atoms with Gasteiger partial charge in [0, 0.05) is 5.92 Å². The Labute approximate surface area is 194 Å². The molecule has 4 aliphatic rings. The van der Waals surface area contributed by atoms with Crippen LogP contribution in [0.2, 0.25) is 0 Å². The van der Waals surface area contributed by atoms with Crippen molar-refractivity contribution < 1.29 is 20.1 Å². The second-order valence-corrected chi connectivity index (χ2v) is 12.5. The number of hydrogen-bond acceptors (Lipinski definition) is 4. The van der Waals surface area contributed by atoms with Gasteiger partial charge in [0.15, 0.2) is 5.78 Å². The Kier molecular flexibility index (Phi) is 6.09. The van der Waals surface area contributed by atoms with Gasteiger partial charge in [0.05, 0.1) is 17.6 Å². The van der Waals surface area contributed by atoms with Gasteiger partial charge in [-0.2, -0.15) is 0 Å². The molecule has 0 aromatic carbocycles. The van der Waals surface area contributed by atoms with Gasteiger partial charge in [0.2, 0.25) is 0 Å². The van der Waals surface area contributed by atoms with E-state index >= 15 is 0 Å². The number of carbonyl (C=O) groups is 1. The Morgan fingerprint density at radius 3 is 2.44 bits per heavy atom. The van der Waals surface area contributed by atoms with Crippen LogP contribution in [0, 0.1) is 52.3 Å². The van der Waals surface area contributed by atoms with Crippen LogP contribution < -0.4 is 0 Å². The first-order valence-corrected chi connectivity index (χ1v) is 12.9. The van der Waals surface area contributed by atoms with Gasteiger partial charge in [-0.3, -0.25) is 4.79 Å². The molecule has 11 atom stereocenters. The van der Waals surface area contributed by atoms with E-state index in [0.29, 0.717) is 42.4 Å². The molecule has 4 heteroatoms. The number of hydrogen-bond donors (Lipinski definition) is 3. The van der Waals surface area contributed by atoms with E-state index in [2.05, 4.69) is 46.8 Å². The van der Waals surface area contributed by atoms with Crippen LogP contribution in [0.1, 0.15) is 73.6 Å². The zero-order chi connectivity index (χ0) is 23.6. The zero-order valence-electron chi connectivity index (χ0n) is 20.8. The molecule has 0 saturated heterocycles. The molecule has 180 valence electrons. The topological polar surface area (TPSA) is 77.8 Å². The third kappa shape index (κ3) is 3.23. The molecule has 0 spiro atoms. The fourth-order valence-corrected chi connectivity index (χ4v) is 8.44. The van der Waals surface area contributed by atoms with Crippen LogP contribution in [0.4, 0.5) is 0 Å². The van der Waals surface area contributed by atoms with Gasteiger partial charge in [-0.1, -0.05) is 52.8 Å². The number of ketones is 1. The predicted octanol–water partition coefficient (Wildman–Crippen LogP) is 4.53. The molecule has 4 nitrogen and oxygen atoms in total. The van der Waals surface area contributed by atoms with Crippen LogP contribution in [0.25, 0.3) is 0 Å². The molecule has 0 unspecified atom stereocenters. The molecule has 0 bridgehead atoms. The Bertz CT molecular complexity index is 801. The number of allylic oxidation sites excluding steroid dienone is 3. The van der Waals surface area contributed by atoms with E-state index < -0.39 is 23.2 Å². The first kappa shape index (κ1) is 24.2. The maximum atomic E-state index is 13.2. The zero-order valence-corrected chi connectivity index (χ0v) is 20.8. The van der Waals surface area contributed by atoms with Crippen molar-refractivity contribution in [3.05, 3.63) is 24.3 Å². The van der Waals surface area contributed by atoms with Gasteiger partial charge >= 0.3 is 0 Å². The summed E-state index contributed by atoms with van der Waals surface area (Å²) in [6.07, 6.45) is 9.98. The van der Waals surface area contributed by atoms with Gasteiger partial charge in [0.1, 0.15) is 5.60 Å². The molecule has 3 saturated carbocycles. The lowest BCUT2D eigenvalue weighted by molar-refractivity contribution is -0.251. The lowest BCUT2D eigenvalue weighted by Gasteiger charge is -2.64. The number of rotatable bonds is 4. The highest BCUT2D eigenvalue weighted by molar-refractivity contribution is 5.97. The van der Waals surface area contributed by atoms with E-state index in [1.807, 2.05) is 0 Å². The van der Waals surface area contributed by atoms with Gasteiger partial charge in [0.25, 0.3) is 0 Å². The van der Waals surface area contributed by atoms with E-state index in [1.54, 1.807) is 19.1 Å². The van der Waals surface area contributed by atoms with Crippen LogP contribution in [0.5, 0.6) is 0 Å². The summed E-state index contributed by atoms with van der Waals surface area (Å²) in [6.45, 7) is 13.2. The summed E-state index contributed by atoms with van der Waals surface area (Å²) in [6, 6.07) is 0. The van der Waals surface area contributed by atoms with E-state index in [4.69, 9.17) is 0 Å². The van der Waals surface area contributed by atoms with Crippen LogP contribution in [-0.4, -0.2) is 38.9 Å². The minimum absolute atomic E-state index is 0.0233. The molecule has 3 fully saturated rings. The average Bonchev–Trinajstić information content (AvgIpc) is 3.05. The summed E-state index contributed by atoms with van der Waals surface area (Å²) in [5.74, 6) is 2.02. The van der Waals surface area contributed by atoms with Gasteiger partial charge in [-0.15, -0.1) is 0 Å². The molecule has 3 N–H and O–H groups in total. The molecular formula is C28H44O4. The van der Waals surface area contributed by atoms with E-state index in [-0.39, 0.29) is 29.5 Å². The minimum Gasteiger partial charge on any atom is -0.393 e. The second-order valence-electron chi connectivity index (χ2n) is 12.5. The average molecular weight is 445 g/mol. The lowest BCUT2D eigenvalue weighted by Crippen LogP contribution is -2.71. The monoisotopic (exact) mass is 444 g/mol. The van der Waals surface area contributed by atoms with Crippen molar-refractivity contribution in [2.75, 3.05) is 0 Å². The highest BCUT2D eigenvalue weighted by Gasteiger charge is 2.71. The smallest absolute Gasteiger partial charge is 0.164 e. The van der Waals surface area contributed by atoms with Crippen LogP contribution in [0.3, 0.4) is 0 Å². The molecule has 0 heterocycles. The molecule has 4 rings (SSSR count). The number of aliphatic hydroxyl groups is 3. The lowest BCUT2D eigenvalue weighted by atomic mass is 9.42. The Morgan fingerprint density at radius 2 is 1.78 bits per heavy atom. The van der Waals surface area contributed by atoms with Crippen molar-refractivity contribution >= 4 is 5.78 Å². The van der Waals surface area contributed by atoms with E-state index in [1.165, 1.54) is 0 Å². The van der Waals surface area contributed by atoms with E-state index in [9.17, 15) is 20.1 Å². The van der Waals surface area contributed by atoms with Crippen molar-refractivity contribution in [2.24, 2.45) is 52.3 Å². The van der Waals surface area contributed by atoms with Crippen molar-refractivity contribution in [1.82, 2.24) is 0 Å². The summed E-state index contributed by atoms with van der Waals surface area (Å²) in [5.41, 5.74) is -2.65. The third-order valence-corrected chi connectivity index (χ3v) is 10.8.